The number of ketones is 1. The third-order valence-corrected chi connectivity index (χ3v) is 8.61. The number of hydrogen-bond acceptors (Lipinski definition) is 9. The van der Waals surface area contributed by atoms with Gasteiger partial charge in [0.1, 0.15) is 23.7 Å². The Labute approximate surface area is 191 Å². The van der Waals surface area contributed by atoms with Gasteiger partial charge in [-0.25, -0.2) is 0 Å². The molecule has 4 aliphatic rings. The SMILES string of the molecule is CC(=O)OC[C@@]12C(=O)[C@@H](O)[C@@H](C)[C@]3(C[C@@H](c4ccoc4)O[C@H]3OC(C)=O)[C@H]1CCC[C@]21CO1. The molecule has 1 aromatic heterocycles. The van der Waals surface area contributed by atoms with Crippen molar-refractivity contribution in [2.75, 3.05) is 13.2 Å². The summed E-state index contributed by atoms with van der Waals surface area (Å²) in [4.78, 5) is 37.8. The van der Waals surface area contributed by atoms with Crippen molar-refractivity contribution < 1.29 is 42.9 Å². The van der Waals surface area contributed by atoms with Gasteiger partial charge in [-0.15, -0.1) is 0 Å². The molecule has 5 rings (SSSR count). The quantitative estimate of drug-likeness (QED) is 0.530. The van der Waals surface area contributed by atoms with Crippen LogP contribution in [0, 0.1) is 22.7 Å². The van der Waals surface area contributed by atoms with Crippen LogP contribution < -0.4 is 0 Å². The number of esters is 2. The number of hydrogen-bond donors (Lipinski definition) is 1. The van der Waals surface area contributed by atoms with E-state index in [0.29, 0.717) is 25.9 Å². The Morgan fingerprint density at radius 2 is 2.03 bits per heavy atom. The molecular formula is C24H30O9. The molecule has 33 heavy (non-hydrogen) atoms. The summed E-state index contributed by atoms with van der Waals surface area (Å²) in [6.07, 6.45) is 2.84. The number of aliphatic hydroxyl groups excluding tert-OH is 1. The number of Topliss-reactive ketones (excluding diaryl/α,β-unsaturated/α-hetero) is 1. The Balaban J connectivity index is 1.66. The van der Waals surface area contributed by atoms with Crippen LogP contribution in [0.5, 0.6) is 0 Å². The second-order valence-electron chi connectivity index (χ2n) is 10.0. The maximum atomic E-state index is 13.9. The first kappa shape index (κ1) is 22.6. The Hall–Kier alpha value is -2.23. The van der Waals surface area contributed by atoms with Gasteiger partial charge in [0.15, 0.2) is 5.78 Å². The standard InChI is InChI=1S/C24H30O9/c1-13-19(27)20(28)24(12-30-14(2)25)18(5-4-7-22(24)11-31-22)23(13)9-17(16-6-8-29-10-16)33-21(23)32-15(3)26/h6,8,10,13,17-19,21,27H,4-5,7,9,11-12H2,1-3H3/t13-,17+,18-,19+,21-,22+,23-,24+/m1/s1. The molecule has 9 heteroatoms. The number of ether oxygens (including phenoxy) is 4. The van der Waals surface area contributed by atoms with E-state index in [-0.39, 0.29) is 18.3 Å². The number of carbonyl (C=O) groups is 3. The molecule has 1 N–H and O–H groups in total. The lowest BCUT2D eigenvalue weighted by molar-refractivity contribution is -0.247. The minimum Gasteiger partial charge on any atom is -0.472 e. The maximum Gasteiger partial charge on any atom is 0.304 e. The number of furan rings is 1. The molecule has 0 bridgehead atoms. The van der Waals surface area contributed by atoms with Crippen LogP contribution in [0.3, 0.4) is 0 Å². The van der Waals surface area contributed by atoms with Crippen LogP contribution in [-0.4, -0.2) is 54.0 Å². The Bertz CT molecular complexity index is 951. The van der Waals surface area contributed by atoms with Crippen molar-refractivity contribution in [3.05, 3.63) is 24.2 Å². The fraction of sp³-hybridized carbons (Fsp3) is 0.708. The van der Waals surface area contributed by atoms with Crippen LogP contribution >= 0.6 is 0 Å². The fourth-order valence-corrected chi connectivity index (χ4v) is 7.00. The van der Waals surface area contributed by atoms with Gasteiger partial charge in [-0.05, 0) is 31.2 Å². The van der Waals surface area contributed by atoms with Crippen molar-refractivity contribution in [1.82, 2.24) is 0 Å². The highest BCUT2D eigenvalue weighted by atomic mass is 16.7. The zero-order valence-corrected chi connectivity index (χ0v) is 19.1. The molecule has 1 aromatic rings. The lowest BCUT2D eigenvalue weighted by atomic mass is 9.42. The van der Waals surface area contributed by atoms with Gasteiger partial charge in [0.2, 0.25) is 6.29 Å². The van der Waals surface area contributed by atoms with Gasteiger partial charge >= 0.3 is 11.9 Å². The molecule has 0 amide bonds. The van der Waals surface area contributed by atoms with Crippen LogP contribution in [-0.2, 0) is 33.3 Å². The van der Waals surface area contributed by atoms with E-state index < -0.39 is 52.8 Å². The van der Waals surface area contributed by atoms with Crippen molar-refractivity contribution in [2.24, 2.45) is 22.7 Å². The van der Waals surface area contributed by atoms with Crippen LogP contribution in [0.2, 0.25) is 0 Å². The Morgan fingerprint density at radius 3 is 2.64 bits per heavy atom. The van der Waals surface area contributed by atoms with Gasteiger partial charge in [0.05, 0.1) is 25.2 Å². The molecule has 4 fully saturated rings. The monoisotopic (exact) mass is 462 g/mol. The second-order valence-corrected chi connectivity index (χ2v) is 10.0. The number of epoxide rings is 1. The minimum absolute atomic E-state index is 0.180. The third kappa shape index (κ3) is 3.05. The lowest BCUT2D eigenvalue weighted by Gasteiger charge is -2.60. The highest BCUT2D eigenvalue weighted by Gasteiger charge is 2.79. The molecular weight excluding hydrogens is 432 g/mol. The zero-order valence-electron chi connectivity index (χ0n) is 19.1. The average Bonchev–Trinajstić information content (AvgIpc) is 3.19. The highest BCUT2D eigenvalue weighted by molar-refractivity contribution is 5.93. The van der Waals surface area contributed by atoms with Crippen LogP contribution in [0.4, 0.5) is 0 Å². The molecule has 8 atom stereocenters. The van der Waals surface area contributed by atoms with Crippen LogP contribution in [0.15, 0.2) is 23.0 Å². The van der Waals surface area contributed by atoms with Crippen LogP contribution in [0.1, 0.15) is 58.1 Å². The van der Waals surface area contributed by atoms with E-state index in [9.17, 15) is 19.5 Å². The first-order valence-corrected chi connectivity index (χ1v) is 11.5. The van der Waals surface area contributed by atoms with Gasteiger partial charge in [-0.2, -0.15) is 0 Å². The molecule has 2 aliphatic carbocycles. The molecule has 0 aromatic carbocycles. The van der Waals surface area contributed by atoms with Gasteiger partial charge in [0.25, 0.3) is 0 Å². The molecule has 2 spiro atoms. The molecule has 0 radical (unpaired) electrons. The van der Waals surface area contributed by atoms with Crippen molar-refractivity contribution in [3.8, 4) is 0 Å². The number of fused-ring (bicyclic) bond motifs is 3. The molecule has 180 valence electrons. The summed E-state index contributed by atoms with van der Waals surface area (Å²) in [5.74, 6) is -2.32. The van der Waals surface area contributed by atoms with Gasteiger partial charge in [-0.1, -0.05) is 13.3 Å². The molecule has 2 saturated heterocycles. The van der Waals surface area contributed by atoms with E-state index in [1.165, 1.54) is 13.8 Å². The largest absolute Gasteiger partial charge is 0.472 e. The number of rotatable bonds is 4. The fourth-order valence-electron chi connectivity index (χ4n) is 7.00. The number of carbonyl (C=O) groups excluding carboxylic acids is 3. The first-order chi connectivity index (χ1) is 15.7. The summed E-state index contributed by atoms with van der Waals surface area (Å²) in [7, 11) is 0. The van der Waals surface area contributed by atoms with Gasteiger partial charge in [0, 0.05) is 30.7 Å². The molecule has 2 saturated carbocycles. The van der Waals surface area contributed by atoms with Crippen molar-refractivity contribution in [2.45, 2.75) is 70.6 Å². The summed E-state index contributed by atoms with van der Waals surface area (Å²) in [5.41, 5.74) is -2.14. The van der Waals surface area contributed by atoms with Crippen molar-refractivity contribution >= 4 is 17.7 Å². The van der Waals surface area contributed by atoms with E-state index in [1.807, 2.05) is 6.92 Å². The molecule has 9 nitrogen and oxygen atoms in total. The van der Waals surface area contributed by atoms with E-state index in [4.69, 9.17) is 23.4 Å². The normalized spacial score (nSPS) is 44.0. The van der Waals surface area contributed by atoms with E-state index in [1.54, 1.807) is 18.6 Å². The van der Waals surface area contributed by atoms with Crippen molar-refractivity contribution in [3.63, 3.8) is 0 Å². The average molecular weight is 462 g/mol. The summed E-state index contributed by atoms with van der Waals surface area (Å²) in [6, 6.07) is 1.79. The van der Waals surface area contributed by atoms with E-state index in [2.05, 4.69) is 0 Å². The predicted molar refractivity (Wildman–Crippen MR) is 110 cm³/mol. The third-order valence-electron chi connectivity index (χ3n) is 8.61. The van der Waals surface area contributed by atoms with Gasteiger partial charge < -0.3 is 28.5 Å². The topological polar surface area (TPSA) is 125 Å². The lowest BCUT2D eigenvalue weighted by Crippen LogP contribution is -2.71. The Morgan fingerprint density at radius 1 is 1.27 bits per heavy atom. The van der Waals surface area contributed by atoms with E-state index >= 15 is 0 Å². The minimum atomic E-state index is -1.35. The van der Waals surface area contributed by atoms with E-state index in [0.717, 1.165) is 12.0 Å². The molecule has 0 unspecified atom stereocenters. The van der Waals surface area contributed by atoms with Crippen molar-refractivity contribution in [1.29, 1.82) is 0 Å². The smallest absolute Gasteiger partial charge is 0.304 e. The summed E-state index contributed by atoms with van der Waals surface area (Å²) < 4.78 is 28.7. The molecule has 3 heterocycles. The summed E-state index contributed by atoms with van der Waals surface area (Å²) in [6.45, 7) is 4.60. The van der Waals surface area contributed by atoms with Gasteiger partial charge in [-0.3, -0.25) is 14.4 Å². The predicted octanol–water partition coefficient (Wildman–Crippen LogP) is 2.31. The summed E-state index contributed by atoms with van der Waals surface area (Å²) >= 11 is 0. The number of aliphatic hydroxyl groups is 1. The second kappa shape index (κ2) is 7.65. The Kier molecular flexibility index (Phi) is 5.23. The highest BCUT2D eigenvalue weighted by Crippen LogP contribution is 2.71. The zero-order chi connectivity index (χ0) is 23.6. The summed E-state index contributed by atoms with van der Waals surface area (Å²) in [5, 5.41) is 11.3. The maximum absolute atomic E-state index is 13.9. The molecule has 2 aliphatic heterocycles. The van der Waals surface area contributed by atoms with Crippen LogP contribution in [0.25, 0.3) is 0 Å². The first-order valence-electron chi connectivity index (χ1n) is 11.5.